The number of methoxy groups -OCH3 is 1. The summed E-state index contributed by atoms with van der Waals surface area (Å²) in [6.07, 6.45) is -0.401. The van der Waals surface area contributed by atoms with Crippen LogP contribution in [0.2, 0.25) is 0 Å². The fourth-order valence-electron chi connectivity index (χ4n) is 2.67. The summed E-state index contributed by atoms with van der Waals surface area (Å²) < 4.78 is 18.2. The second-order valence-corrected chi connectivity index (χ2v) is 7.66. The van der Waals surface area contributed by atoms with Crippen LogP contribution in [0.4, 0.5) is 0 Å². The van der Waals surface area contributed by atoms with E-state index < -0.39 is 13.8 Å². The van der Waals surface area contributed by atoms with E-state index in [0.29, 0.717) is 23.6 Å². The average molecular weight is 373 g/mol. The van der Waals surface area contributed by atoms with Crippen LogP contribution in [0.3, 0.4) is 0 Å². The Hall–Kier alpha value is -2.47. The molecule has 26 heavy (non-hydrogen) atoms. The molecular weight excluding hydrogens is 353 g/mol. The lowest BCUT2D eigenvalue weighted by Gasteiger charge is -2.08. The minimum absolute atomic E-state index is 0.338. The summed E-state index contributed by atoms with van der Waals surface area (Å²) in [5.41, 5.74) is 3.61. The maximum atomic E-state index is 11.4. The van der Waals surface area contributed by atoms with Gasteiger partial charge >= 0.3 is 7.60 Å². The third-order valence-electron chi connectivity index (χ3n) is 3.84. The number of benzene rings is 1. The van der Waals surface area contributed by atoms with Crippen LogP contribution in [0.15, 0.2) is 48.5 Å². The van der Waals surface area contributed by atoms with Crippen LogP contribution in [-0.4, -0.2) is 31.7 Å². The first-order valence-corrected chi connectivity index (χ1v) is 9.82. The highest BCUT2D eigenvalue weighted by Gasteiger charge is 2.19. The third-order valence-corrected chi connectivity index (χ3v) is 4.58. The van der Waals surface area contributed by atoms with Gasteiger partial charge in [-0.15, -0.1) is 0 Å². The van der Waals surface area contributed by atoms with Crippen molar-refractivity contribution >= 4 is 7.60 Å². The molecule has 0 aliphatic rings. The van der Waals surface area contributed by atoms with Crippen molar-refractivity contribution in [2.45, 2.75) is 19.6 Å². The molecule has 0 amide bonds. The zero-order chi connectivity index (χ0) is 18.7. The number of aromatic nitrogens is 3. The maximum Gasteiger partial charge on any atom is 0.331 e. The topological polar surface area (TPSA) is 97.5 Å². The predicted octanol–water partition coefficient (Wildman–Crippen LogP) is 2.99. The van der Waals surface area contributed by atoms with Crippen molar-refractivity contribution < 1.29 is 19.1 Å². The molecule has 0 aliphatic heterocycles. The molecular formula is C18H20N3O4P. The van der Waals surface area contributed by atoms with Gasteiger partial charge in [-0.05, 0) is 42.8 Å². The largest absolute Gasteiger partial charge is 0.497 e. The van der Waals surface area contributed by atoms with Crippen molar-refractivity contribution in [2.75, 3.05) is 7.11 Å². The fourth-order valence-corrected chi connectivity index (χ4v) is 3.25. The molecule has 7 nitrogen and oxygen atoms in total. The van der Waals surface area contributed by atoms with Crippen LogP contribution in [-0.2, 0) is 17.3 Å². The van der Waals surface area contributed by atoms with Gasteiger partial charge in [0.1, 0.15) is 5.75 Å². The molecule has 0 atom stereocenters. The minimum atomic E-state index is -4.20. The summed E-state index contributed by atoms with van der Waals surface area (Å²) in [5.74, 6) is 0.761. The van der Waals surface area contributed by atoms with Gasteiger partial charge < -0.3 is 14.5 Å². The Morgan fingerprint density at radius 2 is 1.88 bits per heavy atom. The predicted molar refractivity (Wildman–Crippen MR) is 98.0 cm³/mol. The van der Waals surface area contributed by atoms with E-state index in [1.165, 1.54) is 0 Å². The number of nitrogens with zero attached hydrogens (tertiary/aromatic N) is 3. The average Bonchev–Trinajstić information content (AvgIpc) is 2.96. The van der Waals surface area contributed by atoms with E-state index in [0.717, 1.165) is 17.0 Å². The molecule has 2 aromatic heterocycles. The standard InChI is InChI=1S/C18H20N3O4P/c1-13-4-3-5-17(19-13)18-10-15(12-26(22,23)24)20-21(18)11-14-6-8-16(25-2)9-7-14/h3-10H,11-12H2,1-2H3,(H2,22,23,24). The Kier molecular flexibility index (Phi) is 5.23. The molecule has 0 unspecified atom stereocenters. The van der Waals surface area contributed by atoms with E-state index >= 15 is 0 Å². The molecule has 0 spiro atoms. The smallest absolute Gasteiger partial charge is 0.331 e. The Morgan fingerprint density at radius 3 is 2.50 bits per heavy atom. The molecule has 8 heteroatoms. The fraction of sp³-hybridized carbons (Fsp3) is 0.222. The van der Waals surface area contributed by atoms with Crippen molar-refractivity contribution in [1.29, 1.82) is 0 Å². The second kappa shape index (κ2) is 7.41. The maximum absolute atomic E-state index is 11.4. The molecule has 3 rings (SSSR count). The Labute approximate surface area is 151 Å². The van der Waals surface area contributed by atoms with Crippen molar-refractivity contribution in [3.05, 3.63) is 65.5 Å². The highest BCUT2D eigenvalue weighted by atomic mass is 31.2. The molecule has 0 radical (unpaired) electrons. The van der Waals surface area contributed by atoms with E-state index in [9.17, 15) is 14.4 Å². The van der Waals surface area contributed by atoms with E-state index in [1.807, 2.05) is 49.4 Å². The zero-order valence-electron chi connectivity index (χ0n) is 14.5. The highest BCUT2D eigenvalue weighted by Crippen LogP contribution is 2.39. The van der Waals surface area contributed by atoms with E-state index in [-0.39, 0.29) is 0 Å². The normalized spacial score (nSPS) is 11.5. The van der Waals surface area contributed by atoms with Crippen molar-refractivity contribution in [3.63, 3.8) is 0 Å². The molecule has 2 heterocycles. The zero-order valence-corrected chi connectivity index (χ0v) is 15.4. The summed E-state index contributed by atoms with van der Waals surface area (Å²) in [5, 5.41) is 4.39. The lowest BCUT2D eigenvalue weighted by atomic mass is 10.2. The Morgan fingerprint density at radius 1 is 1.15 bits per heavy atom. The molecule has 0 fully saturated rings. The monoisotopic (exact) mass is 373 g/mol. The van der Waals surface area contributed by atoms with Crippen molar-refractivity contribution in [3.8, 4) is 17.1 Å². The number of hydrogen-bond donors (Lipinski definition) is 2. The molecule has 0 aliphatic carbocycles. The molecule has 3 aromatic rings. The first-order valence-electron chi connectivity index (χ1n) is 8.02. The van der Waals surface area contributed by atoms with Crippen LogP contribution in [0, 0.1) is 6.92 Å². The van der Waals surface area contributed by atoms with Gasteiger partial charge in [-0.1, -0.05) is 18.2 Å². The van der Waals surface area contributed by atoms with Crippen molar-refractivity contribution in [1.82, 2.24) is 14.8 Å². The summed E-state index contributed by atoms with van der Waals surface area (Å²) in [6, 6.07) is 14.9. The van der Waals surface area contributed by atoms with E-state index in [1.54, 1.807) is 17.9 Å². The molecule has 2 N–H and O–H groups in total. The van der Waals surface area contributed by atoms with Gasteiger partial charge in [0.2, 0.25) is 0 Å². The molecule has 1 aromatic carbocycles. The third kappa shape index (κ3) is 4.58. The molecule has 0 bridgehead atoms. The highest BCUT2D eigenvalue weighted by molar-refractivity contribution is 7.50. The van der Waals surface area contributed by atoms with Crippen molar-refractivity contribution in [2.24, 2.45) is 0 Å². The number of ether oxygens (including phenoxy) is 1. The van der Waals surface area contributed by atoms with Gasteiger partial charge in [0.25, 0.3) is 0 Å². The molecule has 136 valence electrons. The lowest BCUT2D eigenvalue weighted by molar-refractivity contribution is 0.371. The van der Waals surface area contributed by atoms with Crippen LogP contribution in [0.25, 0.3) is 11.4 Å². The van der Waals surface area contributed by atoms with Crippen LogP contribution in [0.5, 0.6) is 5.75 Å². The minimum Gasteiger partial charge on any atom is -0.497 e. The Balaban J connectivity index is 1.99. The summed E-state index contributed by atoms with van der Waals surface area (Å²) in [6.45, 7) is 2.35. The van der Waals surface area contributed by atoms with Gasteiger partial charge in [-0.25, -0.2) is 0 Å². The summed E-state index contributed by atoms with van der Waals surface area (Å²) in [7, 11) is -2.59. The van der Waals surface area contributed by atoms with Gasteiger partial charge in [0, 0.05) is 5.69 Å². The number of aryl methyl sites for hydroxylation is 1. The summed E-state index contributed by atoms with van der Waals surface area (Å²) >= 11 is 0. The lowest BCUT2D eigenvalue weighted by Crippen LogP contribution is -2.05. The number of rotatable bonds is 6. The number of pyridine rings is 1. The van der Waals surface area contributed by atoms with Gasteiger partial charge in [-0.2, -0.15) is 5.10 Å². The second-order valence-electron chi connectivity index (χ2n) is 6.01. The van der Waals surface area contributed by atoms with Gasteiger partial charge in [0.05, 0.1) is 36.9 Å². The number of hydrogen-bond acceptors (Lipinski definition) is 4. The van der Waals surface area contributed by atoms with Crippen LogP contribution < -0.4 is 4.74 Å². The van der Waals surface area contributed by atoms with E-state index in [2.05, 4.69) is 10.1 Å². The quantitative estimate of drug-likeness (QED) is 0.645. The Bertz CT molecular complexity index is 947. The van der Waals surface area contributed by atoms with Crippen LogP contribution >= 0.6 is 7.60 Å². The summed E-state index contributed by atoms with van der Waals surface area (Å²) in [4.78, 5) is 23.0. The van der Waals surface area contributed by atoms with E-state index in [4.69, 9.17) is 4.74 Å². The first kappa shape index (κ1) is 18.3. The molecule has 0 saturated heterocycles. The van der Waals surface area contributed by atoms with Gasteiger partial charge in [-0.3, -0.25) is 14.2 Å². The van der Waals surface area contributed by atoms with Gasteiger partial charge in [0.15, 0.2) is 0 Å². The molecule has 0 saturated carbocycles. The first-order chi connectivity index (χ1) is 12.3. The van der Waals surface area contributed by atoms with Crippen LogP contribution in [0.1, 0.15) is 17.0 Å². The SMILES string of the molecule is COc1ccc(Cn2nc(CP(=O)(O)O)cc2-c2cccc(C)n2)cc1.